The standard InChI is InChI=1S/C23H21BrF2N2O3/c24-16-5-8-21(29)19(12-16)20-10-15(14-3-6-17(7-4-14)31-23(25)26)11-22(28-20)27-13-18-2-1-9-30-18/h3-8,10-12,18,23,29H,1-2,9,13H2,(H,27,28). The molecule has 8 heteroatoms. The van der Waals surface area contributed by atoms with Gasteiger partial charge in [-0.1, -0.05) is 28.1 Å². The number of hydrogen-bond donors (Lipinski definition) is 2. The zero-order valence-corrected chi connectivity index (χ0v) is 18.1. The first-order valence-corrected chi connectivity index (χ1v) is 10.7. The molecule has 0 spiro atoms. The van der Waals surface area contributed by atoms with Crippen LogP contribution in [-0.2, 0) is 4.74 Å². The van der Waals surface area contributed by atoms with E-state index in [1.54, 1.807) is 30.3 Å². The summed E-state index contributed by atoms with van der Waals surface area (Å²) in [5, 5.41) is 13.7. The summed E-state index contributed by atoms with van der Waals surface area (Å²) in [6.45, 7) is -1.47. The maximum Gasteiger partial charge on any atom is 0.387 e. The van der Waals surface area contributed by atoms with Gasteiger partial charge in [-0.3, -0.25) is 0 Å². The van der Waals surface area contributed by atoms with Crippen LogP contribution >= 0.6 is 15.9 Å². The third-order valence-corrected chi connectivity index (χ3v) is 5.50. The van der Waals surface area contributed by atoms with Gasteiger partial charge in [-0.15, -0.1) is 0 Å². The van der Waals surface area contributed by atoms with Gasteiger partial charge in [0.25, 0.3) is 0 Å². The first-order chi connectivity index (χ1) is 15.0. The number of ether oxygens (including phenoxy) is 2. The zero-order chi connectivity index (χ0) is 21.8. The SMILES string of the molecule is Oc1ccc(Br)cc1-c1cc(-c2ccc(OC(F)F)cc2)cc(NCC2CCCO2)n1. The number of aromatic nitrogens is 1. The van der Waals surface area contributed by atoms with Crippen LogP contribution in [-0.4, -0.2) is 36.0 Å². The van der Waals surface area contributed by atoms with E-state index < -0.39 is 6.61 Å². The number of phenolic OH excluding ortho intramolecular Hbond substituents is 1. The molecule has 2 N–H and O–H groups in total. The molecule has 0 aliphatic carbocycles. The summed E-state index contributed by atoms with van der Waals surface area (Å²) >= 11 is 3.43. The zero-order valence-electron chi connectivity index (χ0n) is 16.5. The van der Waals surface area contributed by atoms with Crippen molar-refractivity contribution in [1.82, 2.24) is 4.98 Å². The van der Waals surface area contributed by atoms with E-state index in [9.17, 15) is 13.9 Å². The molecule has 1 saturated heterocycles. The third kappa shape index (κ3) is 5.51. The molecular formula is C23H21BrF2N2O3. The summed E-state index contributed by atoms with van der Waals surface area (Å²) in [5.74, 6) is 0.836. The van der Waals surface area contributed by atoms with Crippen LogP contribution in [0.2, 0.25) is 0 Å². The Morgan fingerprint density at radius 1 is 1.13 bits per heavy atom. The maximum absolute atomic E-state index is 12.4. The number of nitrogens with zero attached hydrogens (tertiary/aromatic N) is 1. The van der Waals surface area contributed by atoms with Crippen molar-refractivity contribution in [2.24, 2.45) is 0 Å². The van der Waals surface area contributed by atoms with Crippen molar-refractivity contribution in [2.45, 2.75) is 25.6 Å². The summed E-state index contributed by atoms with van der Waals surface area (Å²) in [5.41, 5.74) is 2.79. The van der Waals surface area contributed by atoms with Gasteiger partial charge in [0.2, 0.25) is 0 Å². The molecule has 2 aromatic carbocycles. The highest BCUT2D eigenvalue weighted by Crippen LogP contribution is 2.35. The van der Waals surface area contributed by atoms with Crippen molar-refractivity contribution in [1.29, 1.82) is 0 Å². The molecule has 2 heterocycles. The van der Waals surface area contributed by atoms with Gasteiger partial charge in [0.05, 0.1) is 11.8 Å². The van der Waals surface area contributed by atoms with Crippen LogP contribution in [0.15, 0.2) is 59.1 Å². The average Bonchev–Trinajstić information content (AvgIpc) is 3.28. The Morgan fingerprint density at radius 2 is 1.94 bits per heavy atom. The maximum atomic E-state index is 12.4. The van der Waals surface area contributed by atoms with Crippen LogP contribution in [0.25, 0.3) is 22.4 Å². The number of phenols is 1. The van der Waals surface area contributed by atoms with E-state index >= 15 is 0 Å². The Balaban J connectivity index is 1.69. The molecule has 1 aliphatic heterocycles. The highest BCUT2D eigenvalue weighted by Gasteiger charge is 2.16. The average molecular weight is 491 g/mol. The Kier molecular flexibility index (Phi) is 6.67. The highest BCUT2D eigenvalue weighted by molar-refractivity contribution is 9.10. The normalized spacial score (nSPS) is 15.9. The van der Waals surface area contributed by atoms with Crippen LogP contribution in [0.5, 0.6) is 11.5 Å². The van der Waals surface area contributed by atoms with Gasteiger partial charge in [-0.2, -0.15) is 8.78 Å². The smallest absolute Gasteiger partial charge is 0.387 e. The van der Waals surface area contributed by atoms with Gasteiger partial charge < -0.3 is 19.9 Å². The number of benzene rings is 2. The fourth-order valence-electron chi connectivity index (χ4n) is 3.49. The number of nitrogens with one attached hydrogen (secondary N) is 1. The van der Waals surface area contributed by atoms with E-state index in [1.807, 2.05) is 12.1 Å². The van der Waals surface area contributed by atoms with Crippen molar-refractivity contribution in [3.8, 4) is 33.9 Å². The number of alkyl halides is 2. The fraction of sp³-hybridized carbons (Fsp3) is 0.261. The first-order valence-electron chi connectivity index (χ1n) is 9.89. The van der Waals surface area contributed by atoms with Gasteiger partial charge in [-0.25, -0.2) is 4.98 Å². The quantitative estimate of drug-likeness (QED) is 0.420. The van der Waals surface area contributed by atoms with E-state index in [1.165, 1.54) is 12.1 Å². The Hall–Kier alpha value is -2.71. The van der Waals surface area contributed by atoms with Crippen molar-refractivity contribution in [3.05, 3.63) is 59.1 Å². The monoisotopic (exact) mass is 490 g/mol. The van der Waals surface area contributed by atoms with Crippen LogP contribution in [0.4, 0.5) is 14.6 Å². The fourth-order valence-corrected chi connectivity index (χ4v) is 3.85. The lowest BCUT2D eigenvalue weighted by atomic mass is 10.0. The predicted octanol–water partition coefficient (Wildman–Crippen LogP) is 6.08. The van der Waals surface area contributed by atoms with Gasteiger partial charge in [0, 0.05) is 23.2 Å². The minimum absolute atomic E-state index is 0.0920. The first kappa shape index (κ1) is 21.5. The van der Waals surface area contributed by atoms with E-state index in [-0.39, 0.29) is 17.6 Å². The van der Waals surface area contributed by atoms with Crippen LogP contribution in [0.1, 0.15) is 12.8 Å². The van der Waals surface area contributed by atoms with Gasteiger partial charge >= 0.3 is 6.61 Å². The lowest BCUT2D eigenvalue weighted by Crippen LogP contribution is -2.19. The van der Waals surface area contributed by atoms with Gasteiger partial charge in [-0.05, 0) is 66.4 Å². The lowest BCUT2D eigenvalue weighted by Gasteiger charge is -2.15. The molecule has 0 bridgehead atoms. The topological polar surface area (TPSA) is 63.6 Å². The number of pyridine rings is 1. The molecule has 0 amide bonds. The molecule has 1 aliphatic rings. The molecule has 1 atom stereocenters. The molecule has 162 valence electrons. The van der Waals surface area contributed by atoms with E-state index in [0.717, 1.165) is 35.0 Å². The molecular weight excluding hydrogens is 470 g/mol. The number of rotatable bonds is 7. The number of halogens is 3. The number of hydrogen-bond acceptors (Lipinski definition) is 5. The van der Waals surface area contributed by atoms with Crippen LogP contribution in [0, 0.1) is 0 Å². The molecule has 31 heavy (non-hydrogen) atoms. The minimum Gasteiger partial charge on any atom is -0.507 e. The summed E-state index contributed by atoms with van der Waals surface area (Å²) in [4.78, 5) is 4.68. The Labute approximate surface area is 187 Å². The van der Waals surface area contributed by atoms with Crippen LogP contribution < -0.4 is 10.1 Å². The summed E-state index contributed by atoms with van der Waals surface area (Å²) < 4.78 is 35.8. The predicted molar refractivity (Wildman–Crippen MR) is 119 cm³/mol. The second-order valence-electron chi connectivity index (χ2n) is 7.21. The molecule has 4 rings (SSSR count). The van der Waals surface area contributed by atoms with Crippen LogP contribution in [0.3, 0.4) is 0 Å². The van der Waals surface area contributed by atoms with Gasteiger partial charge in [0.1, 0.15) is 17.3 Å². The van der Waals surface area contributed by atoms with Crippen molar-refractivity contribution in [2.75, 3.05) is 18.5 Å². The summed E-state index contributed by atoms with van der Waals surface area (Å²) in [7, 11) is 0. The summed E-state index contributed by atoms with van der Waals surface area (Å²) in [6, 6.07) is 15.3. The second kappa shape index (κ2) is 9.62. The highest BCUT2D eigenvalue weighted by atomic mass is 79.9. The van der Waals surface area contributed by atoms with Crippen molar-refractivity contribution in [3.63, 3.8) is 0 Å². The molecule has 1 fully saturated rings. The second-order valence-corrected chi connectivity index (χ2v) is 8.12. The lowest BCUT2D eigenvalue weighted by molar-refractivity contribution is -0.0498. The van der Waals surface area contributed by atoms with E-state index in [4.69, 9.17) is 4.74 Å². The van der Waals surface area contributed by atoms with Crippen molar-refractivity contribution >= 4 is 21.7 Å². The third-order valence-electron chi connectivity index (χ3n) is 5.01. The number of anilines is 1. The molecule has 0 radical (unpaired) electrons. The van der Waals surface area contributed by atoms with Crippen molar-refractivity contribution < 1.29 is 23.4 Å². The number of aromatic hydroxyl groups is 1. The van der Waals surface area contributed by atoms with Gasteiger partial charge in [0.15, 0.2) is 0 Å². The minimum atomic E-state index is -2.87. The molecule has 5 nitrogen and oxygen atoms in total. The van der Waals surface area contributed by atoms with E-state index in [0.29, 0.717) is 23.6 Å². The largest absolute Gasteiger partial charge is 0.507 e. The van der Waals surface area contributed by atoms with E-state index in [2.05, 4.69) is 31.0 Å². The molecule has 1 unspecified atom stereocenters. The molecule has 1 aromatic heterocycles. The molecule has 0 saturated carbocycles. The Morgan fingerprint density at radius 3 is 2.65 bits per heavy atom. The summed E-state index contributed by atoms with van der Waals surface area (Å²) in [6.07, 6.45) is 2.18. The Bertz CT molecular complexity index is 1040. The molecule has 3 aromatic rings.